The maximum atomic E-state index is 12.3. The van der Waals surface area contributed by atoms with E-state index in [-0.39, 0.29) is 18.6 Å². The quantitative estimate of drug-likeness (QED) is 0.783. The van der Waals surface area contributed by atoms with Gasteiger partial charge in [-0.2, -0.15) is 0 Å². The highest BCUT2D eigenvalue weighted by Crippen LogP contribution is 2.27. The molecule has 130 valence electrons. The number of para-hydroxylation sites is 1. The maximum absolute atomic E-state index is 12.3. The normalized spacial score (nSPS) is 11.4. The summed E-state index contributed by atoms with van der Waals surface area (Å²) in [6, 6.07) is 17.1. The van der Waals surface area contributed by atoms with Crippen molar-refractivity contribution in [3.05, 3.63) is 54.6 Å². The van der Waals surface area contributed by atoms with Crippen molar-refractivity contribution >= 4 is 23.3 Å². The molecule has 5 heteroatoms. The van der Waals surface area contributed by atoms with E-state index in [1.165, 1.54) is 13.8 Å². The van der Waals surface area contributed by atoms with E-state index in [2.05, 4.69) is 5.32 Å². The van der Waals surface area contributed by atoms with Crippen molar-refractivity contribution in [2.75, 3.05) is 5.32 Å². The molecule has 1 amide bonds. The molecule has 1 N–H and O–H groups in total. The van der Waals surface area contributed by atoms with Crippen molar-refractivity contribution in [3.63, 3.8) is 0 Å². The van der Waals surface area contributed by atoms with E-state index in [1.54, 1.807) is 6.07 Å². The summed E-state index contributed by atoms with van der Waals surface area (Å²) >= 11 is 0. The number of Topliss-reactive ketones (excluding diaryl/α,β-unsaturated/α-hetero) is 1. The number of hydrogen-bond acceptors (Lipinski definition) is 4. The van der Waals surface area contributed by atoms with Gasteiger partial charge >= 0.3 is 5.97 Å². The molecule has 0 saturated carbocycles. The molecule has 2 rings (SSSR count). The molecule has 0 aliphatic carbocycles. The molecule has 0 bridgehead atoms. The van der Waals surface area contributed by atoms with E-state index in [1.807, 2.05) is 48.5 Å². The zero-order chi connectivity index (χ0) is 18.2. The number of ether oxygens (including phenoxy) is 1. The third-order valence-corrected chi connectivity index (χ3v) is 3.63. The Morgan fingerprint density at radius 1 is 0.960 bits per heavy atom. The lowest BCUT2D eigenvalue weighted by Crippen LogP contribution is -2.30. The van der Waals surface area contributed by atoms with E-state index in [9.17, 15) is 14.4 Å². The molecule has 0 saturated heterocycles. The number of nitrogens with one attached hydrogen (secondary N) is 1. The molecular formula is C20H21NO4. The summed E-state index contributed by atoms with van der Waals surface area (Å²) in [7, 11) is 0. The summed E-state index contributed by atoms with van der Waals surface area (Å²) in [5.41, 5.74) is 2.50. The van der Waals surface area contributed by atoms with Crippen molar-refractivity contribution in [2.45, 2.75) is 32.8 Å². The van der Waals surface area contributed by atoms with Crippen LogP contribution in [0.15, 0.2) is 54.6 Å². The Kier molecular flexibility index (Phi) is 6.46. The number of carbonyl (C=O) groups excluding carboxylic acids is 3. The Balaban J connectivity index is 2.03. The molecule has 2 aromatic rings. The van der Waals surface area contributed by atoms with Crippen LogP contribution in [0.3, 0.4) is 0 Å². The number of ketones is 1. The van der Waals surface area contributed by atoms with E-state index >= 15 is 0 Å². The number of carbonyl (C=O) groups is 3. The summed E-state index contributed by atoms with van der Waals surface area (Å²) in [4.78, 5) is 34.9. The fraction of sp³-hybridized carbons (Fsp3) is 0.250. The minimum Gasteiger partial charge on any atom is -0.453 e. The number of rotatable bonds is 7. The van der Waals surface area contributed by atoms with Crippen LogP contribution in [0.5, 0.6) is 0 Å². The second-order valence-corrected chi connectivity index (χ2v) is 5.73. The third kappa shape index (κ3) is 5.57. The van der Waals surface area contributed by atoms with Gasteiger partial charge in [-0.3, -0.25) is 9.59 Å². The molecule has 5 nitrogen and oxygen atoms in total. The Bertz CT molecular complexity index is 755. The number of esters is 1. The van der Waals surface area contributed by atoms with Crippen LogP contribution in [0.2, 0.25) is 0 Å². The Morgan fingerprint density at radius 2 is 1.60 bits per heavy atom. The SMILES string of the molecule is CC(=O)CCC(=O)O[C@@H](C)C(=O)Nc1ccccc1-c1ccccc1. The minimum atomic E-state index is -0.941. The van der Waals surface area contributed by atoms with Crippen molar-refractivity contribution in [1.82, 2.24) is 0 Å². The van der Waals surface area contributed by atoms with Gasteiger partial charge in [0.2, 0.25) is 0 Å². The molecule has 0 aliphatic heterocycles. The van der Waals surface area contributed by atoms with Gasteiger partial charge in [0.1, 0.15) is 5.78 Å². The third-order valence-electron chi connectivity index (χ3n) is 3.63. The van der Waals surface area contributed by atoms with Gasteiger partial charge in [-0.1, -0.05) is 48.5 Å². The van der Waals surface area contributed by atoms with Crippen LogP contribution in [-0.2, 0) is 19.1 Å². The van der Waals surface area contributed by atoms with Gasteiger partial charge in [0.15, 0.2) is 6.10 Å². The molecule has 0 spiro atoms. The lowest BCUT2D eigenvalue weighted by molar-refractivity contribution is -0.153. The highest BCUT2D eigenvalue weighted by atomic mass is 16.5. The van der Waals surface area contributed by atoms with Crippen LogP contribution in [0, 0.1) is 0 Å². The largest absolute Gasteiger partial charge is 0.453 e. The van der Waals surface area contributed by atoms with Crippen LogP contribution in [-0.4, -0.2) is 23.8 Å². The number of benzene rings is 2. The Morgan fingerprint density at radius 3 is 2.28 bits per heavy atom. The second kappa shape index (κ2) is 8.78. The van der Waals surface area contributed by atoms with E-state index < -0.39 is 18.0 Å². The van der Waals surface area contributed by atoms with E-state index in [0.717, 1.165) is 11.1 Å². The van der Waals surface area contributed by atoms with Gasteiger partial charge in [-0.25, -0.2) is 0 Å². The number of hydrogen-bond donors (Lipinski definition) is 1. The van der Waals surface area contributed by atoms with Gasteiger partial charge < -0.3 is 14.8 Å². The molecule has 25 heavy (non-hydrogen) atoms. The van der Waals surface area contributed by atoms with Crippen molar-refractivity contribution in [2.24, 2.45) is 0 Å². The van der Waals surface area contributed by atoms with Gasteiger partial charge in [0.05, 0.1) is 6.42 Å². The highest BCUT2D eigenvalue weighted by Gasteiger charge is 2.19. The van der Waals surface area contributed by atoms with Crippen molar-refractivity contribution < 1.29 is 19.1 Å². The first-order valence-corrected chi connectivity index (χ1v) is 8.11. The molecule has 0 heterocycles. The molecule has 0 unspecified atom stereocenters. The predicted molar refractivity (Wildman–Crippen MR) is 96.0 cm³/mol. The Hall–Kier alpha value is -2.95. The van der Waals surface area contributed by atoms with Crippen LogP contribution in [0.1, 0.15) is 26.7 Å². The first-order valence-electron chi connectivity index (χ1n) is 8.11. The number of amides is 1. The standard InChI is InChI=1S/C20H21NO4/c1-14(22)12-13-19(23)25-15(2)20(24)21-18-11-7-6-10-17(18)16-8-4-3-5-9-16/h3-11,15H,12-13H2,1-2H3,(H,21,24)/t15-/m0/s1. The summed E-state index contributed by atoms with van der Waals surface area (Å²) in [5.74, 6) is -1.07. The van der Waals surface area contributed by atoms with Gasteiger partial charge in [0, 0.05) is 17.7 Å². The second-order valence-electron chi connectivity index (χ2n) is 5.73. The summed E-state index contributed by atoms with van der Waals surface area (Å²) in [5, 5.41) is 2.80. The fourth-order valence-corrected chi connectivity index (χ4v) is 2.28. The first kappa shape index (κ1) is 18.4. The van der Waals surface area contributed by atoms with E-state index in [0.29, 0.717) is 5.69 Å². The van der Waals surface area contributed by atoms with Gasteiger partial charge in [-0.15, -0.1) is 0 Å². The van der Waals surface area contributed by atoms with Crippen LogP contribution >= 0.6 is 0 Å². The maximum Gasteiger partial charge on any atom is 0.307 e. The molecule has 2 aromatic carbocycles. The summed E-state index contributed by atoms with van der Waals surface area (Å²) < 4.78 is 5.08. The van der Waals surface area contributed by atoms with Gasteiger partial charge in [-0.05, 0) is 25.5 Å². The van der Waals surface area contributed by atoms with Crippen molar-refractivity contribution in [1.29, 1.82) is 0 Å². The smallest absolute Gasteiger partial charge is 0.307 e. The topological polar surface area (TPSA) is 72.5 Å². The summed E-state index contributed by atoms with van der Waals surface area (Å²) in [6.07, 6.45) is -0.847. The molecule has 0 radical (unpaired) electrons. The molecule has 1 atom stereocenters. The summed E-state index contributed by atoms with van der Waals surface area (Å²) in [6.45, 7) is 2.91. The fourth-order valence-electron chi connectivity index (χ4n) is 2.28. The van der Waals surface area contributed by atoms with Crippen LogP contribution in [0.25, 0.3) is 11.1 Å². The van der Waals surface area contributed by atoms with Gasteiger partial charge in [0.25, 0.3) is 5.91 Å². The lowest BCUT2D eigenvalue weighted by Gasteiger charge is -2.15. The molecule has 0 aliphatic rings. The number of anilines is 1. The Labute approximate surface area is 147 Å². The molecule has 0 fully saturated rings. The predicted octanol–water partition coefficient (Wildman–Crippen LogP) is 3.59. The zero-order valence-corrected chi connectivity index (χ0v) is 14.3. The highest BCUT2D eigenvalue weighted by molar-refractivity contribution is 5.98. The average Bonchev–Trinajstić information content (AvgIpc) is 2.61. The van der Waals surface area contributed by atoms with Crippen LogP contribution < -0.4 is 5.32 Å². The zero-order valence-electron chi connectivity index (χ0n) is 14.3. The molecule has 0 aromatic heterocycles. The van der Waals surface area contributed by atoms with E-state index in [4.69, 9.17) is 4.74 Å². The monoisotopic (exact) mass is 339 g/mol. The van der Waals surface area contributed by atoms with Crippen molar-refractivity contribution in [3.8, 4) is 11.1 Å². The lowest BCUT2D eigenvalue weighted by atomic mass is 10.0. The molecular weight excluding hydrogens is 318 g/mol. The average molecular weight is 339 g/mol. The minimum absolute atomic E-state index is 0.0203. The first-order chi connectivity index (χ1) is 12.0. The van der Waals surface area contributed by atoms with Crippen LogP contribution in [0.4, 0.5) is 5.69 Å².